The molecule has 0 aromatic carbocycles. The first-order chi connectivity index (χ1) is 25.2. The van der Waals surface area contributed by atoms with Crippen LogP contribution in [0.4, 0.5) is 0 Å². The van der Waals surface area contributed by atoms with E-state index in [0.29, 0.717) is 35.2 Å². The van der Waals surface area contributed by atoms with Crippen LogP contribution >= 0.6 is 48.0 Å². The van der Waals surface area contributed by atoms with Gasteiger partial charge in [-0.3, -0.25) is 0 Å². The Hall–Kier alpha value is -1.16. The molecule has 8 heteroatoms. The van der Waals surface area contributed by atoms with Gasteiger partial charge >= 0.3 is 0 Å². The van der Waals surface area contributed by atoms with Gasteiger partial charge in [-0.05, 0) is 133 Å². The van der Waals surface area contributed by atoms with Crippen molar-refractivity contribution in [1.29, 1.82) is 0 Å². The molecule has 4 nitrogen and oxygen atoms in total. The van der Waals surface area contributed by atoms with E-state index in [0.717, 1.165) is 42.6 Å². The molecule has 0 aromatic rings. The summed E-state index contributed by atoms with van der Waals surface area (Å²) in [5, 5.41) is 0. The molecule has 1 aliphatic carbocycles. The van der Waals surface area contributed by atoms with E-state index in [1.165, 1.54) is 103 Å². The zero-order chi connectivity index (χ0) is 35.9. The average molecular weight is 775 g/mol. The van der Waals surface area contributed by atoms with Crippen molar-refractivity contribution in [1.82, 2.24) is 0 Å². The van der Waals surface area contributed by atoms with Crippen molar-refractivity contribution in [2.75, 3.05) is 37.9 Å². The zero-order valence-electron chi connectivity index (χ0n) is 31.2. The van der Waals surface area contributed by atoms with Crippen LogP contribution in [-0.2, 0) is 18.9 Å². The van der Waals surface area contributed by atoms with Gasteiger partial charge in [0.25, 0.3) is 0 Å². The number of thioether (sulfide) groups is 2. The van der Waals surface area contributed by atoms with Crippen LogP contribution in [0, 0.1) is 11.8 Å². The molecule has 0 N–H and O–H groups in total. The summed E-state index contributed by atoms with van der Waals surface area (Å²) in [6, 6.07) is 0. The fraction of sp³-hybridized carbons (Fsp3) is 0.674. The van der Waals surface area contributed by atoms with Crippen molar-refractivity contribution in [3.63, 3.8) is 0 Å². The van der Waals surface area contributed by atoms with Crippen molar-refractivity contribution in [2.45, 2.75) is 134 Å². The lowest BCUT2D eigenvalue weighted by molar-refractivity contribution is 0.0777. The molecule has 1 saturated carbocycles. The first kappa shape index (κ1) is 44.2. The number of thiocarbonyl (C=S) groups is 2. The van der Waals surface area contributed by atoms with Gasteiger partial charge in [-0.2, -0.15) is 0 Å². The third kappa shape index (κ3) is 24.7. The Labute approximate surface area is 330 Å². The summed E-state index contributed by atoms with van der Waals surface area (Å²) in [6.45, 7) is 2.58. The summed E-state index contributed by atoms with van der Waals surface area (Å²) in [7, 11) is 0. The van der Waals surface area contributed by atoms with E-state index in [-0.39, 0.29) is 12.2 Å². The number of ether oxygens (including phenoxy) is 4. The predicted molar refractivity (Wildman–Crippen MR) is 231 cm³/mol. The molecule has 0 radical (unpaired) electrons. The lowest BCUT2D eigenvalue weighted by Crippen LogP contribution is -2.17. The van der Waals surface area contributed by atoms with Crippen LogP contribution in [0.5, 0.6) is 0 Å². The van der Waals surface area contributed by atoms with Crippen molar-refractivity contribution in [3.05, 3.63) is 72.9 Å². The summed E-state index contributed by atoms with van der Waals surface area (Å²) in [6.07, 6.45) is 52.4. The third-order valence-corrected chi connectivity index (χ3v) is 12.0. The number of unbranched alkanes of at least 4 members (excludes halogenated alkanes) is 12. The van der Waals surface area contributed by atoms with Crippen LogP contribution in [-0.4, -0.2) is 58.9 Å². The lowest BCUT2D eigenvalue weighted by Gasteiger charge is -2.07. The maximum Gasteiger partial charge on any atom is 0.220 e. The topological polar surface area (TPSA) is 36.9 Å². The number of rotatable bonds is 30. The number of allylic oxidation sites excluding steroid dienone is 10. The molecule has 0 amide bonds. The van der Waals surface area contributed by atoms with Crippen LogP contribution in [0.1, 0.15) is 122 Å². The van der Waals surface area contributed by atoms with Crippen LogP contribution in [0.2, 0.25) is 0 Å². The third-order valence-electron chi connectivity index (χ3n) is 9.32. The second kappa shape index (κ2) is 31.2. The summed E-state index contributed by atoms with van der Waals surface area (Å²) >= 11 is 13.3. The normalized spacial score (nSPS) is 22.8. The standard InChI is InChI=1S/C43H66O4S4/c48-42-46-40(36-50-42)34-44-31-25-21-17-13-9-5-1-3-7-11-15-19-23-27-38-29-30-39(33-38)28-24-20-16-12-8-4-2-6-10-14-18-22-26-32-45-35-41-37-51-43(49)47-41/h5,8-9,12,21-28,38-41H,1-4,6-7,10-11,13-20,29-37H2/b9-5+,12-8+,25-21+,26-22+,27-23+,28-24+. The van der Waals surface area contributed by atoms with Crippen LogP contribution < -0.4 is 0 Å². The number of hydrogen-bond acceptors (Lipinski definition) is 8. The van der Waals surface area contributed by atoms with Gasteiger partial charge in [-0.1, -0.05) is 122 Å². The van der Waals surface area contributed by atoms with Gasteiger partial charge in [0.2, 0.25) is 8.77 Å². The molecule has 3 aliphatic rings. The molecule has 2 saturated heterocycles. The van der Waals surface area contributed by atoms with E-state index >= 15 is 0 Å². The Morgan fingerprint density at radius 1 is 0.490 bits per heavy atom. The van der Waals surface area contributed by atoms with Crippen molar-refractivity contribution < 1.29 is 18.9 Å². The molecule has 51 heavy (non-hydrogen) atoms. The molecule has 3 fully saturated rings. The molecule has 4 unspecified atom stereocenters. The molecule has 286 valence electrons. The average Bonchev–Trinajstić information content (AvgIpc) is 3.88. The minimum Gasteiger partial charge on any atom is -0.472 e. The fourth-order valence-corrected chi connectivity index (χ4v) is 8.45. The molecule has 3 rings (SSSR count). The molecule has 0 bridgehead atoms. The van der Waals surface area contributed by atoms with Gasteiger partial charge in [0, 0.05) is 11.5 Å². The van der Waals surface area contributed by atoms with Gasteiger partial charge in [-0.25, -0.2) is 0 Å². The second-order valence-electron chi connectivity index (χ2n) is 13.9. The van der Waals surface area contributed by atoms with E-state index in [4.69, 9.17) is 43.4 Å². The van der Waals surface area contributed by atoms with E-state index in [2.05, 4.69) is 72.9 Å². The first-order valence-corrected chi connectivity index (χ1v) is 22.7. The van der Waals surface area contributed by atoms with E-state index in [9.17, 15) is 0 Å². The fourth-order valence-electron chi connectivity index (χ4n) is 6.39. The van der Waals surface area contributed by atoms with Crippen molar-refractivity contribution >= 4 is 56.7 Å². The molecule has 2 heterocycles. The SMILES string of the molecule is S=C1OC(COC/C=C/CC/C=C/CCCCCC/C=C/C2CCC(/C=C/CC/C=C/CCCCCC/C=C/COCC3CSC(=S)O3)C2)CS1. The highest BCUT2D eigenvalue weighted by molar-refractivity contribution is 8.23. The van der Waals surface area contributed by atoms with E-state index in [1.54, 1.807) is 23.5 Å². The minimum atomic E-state index is 0.129. The predicted octanol–water partition coefficient (Wildman–Crippen LogP) is 12.8. The van der Waals surface area contributed by atoms with E-state index < -0.39 is 0 Å². The van der Waals surface area contributed by atoms with Gasteiger partial charge < -0.3 is 18.9 Å². The van der Waals surface area contributed by atoms with Crippen molar-refractivity contribution in [2.24, 2.45) is 11.8 Å². The van der Waals surface area contributed by atoms with E-state index in [1.807, 2.05) is 0 Å². The van der Waals surface area contributed by atoms with Gasteiger partial charge in [0.05, 0.1) is 26.4 Å². The second-order valence-corrected chi connectivity index (χ2v) is 17.1. The number of hydrogen-bond donors (Lipinski definition) is 0. The summed E-state index contributed by atoms with van der Waals surface area (Å²) in [5.74, 6) is 3.42. The summed E-state index contributed by atoms with van der Waals surface area (Å²) in [5.41, 5.74) is 0. The largest absolute Gasteiger partial charge is 0.472 e. The lowest BCUT2D eigenvalue weighted by atomic mass is 10.0. The Kier molecular flexibility index (Phi) is 27.1. The maximum absolute atomic E-state index is 5.65. The Morgan fingerprint density at radius 3 is 1.31 bits per heavy atom. The Morgan fingerprint density at radius 2 is 0.863 bits per heavy atom. The van der Waals surface area contributed by atoms with Gasteiger partial charge in [-0.15, -0.1) is 0 Å². The molecule has 0 spiro atoms. The molecule has 2 aliphatic heterocycles. The van der Waals surface area contributed by atoms with Gasteiger partial charge in [0.1, 0.15) is 12.2 Å². The quantitative estimate of drug-likeness (QED) is 0.0406. The Balaban J connectivity index is 1.01. The Bertz CT molecular complexity index is 1100. The maximum atomic E-state index is 5.65. The summed E-state index contributed by atoms with van der Waals surface area (Å²) < 4.78 is 23.6. The van der Waals surface area contributed by atoms with Crippen molar-refractivity contribution in [3.8, 4) is 0 Å². The molecule has 0 aromatic heterocycles. The first-order valence-electron chi connectivity index (χ1n) is 19.9. The monoisotopic (exact) mass is 774 g/mol. The highest BCUT2D eigenvalue weighted by atomic mass is 32.2. The molecular weight excluding hydrogens is 709 g/mol. The molecular formula is C43H66O4S4. The van der Waals surface area contributed by atoms with Crippen LogP contribution in [0.15, 0.2) is 72.9 Å². The minimum absolute atomic E-state index is 0.129. The zero-order valence-corrected chi connectivity index (χ0v) is 34.4. The highest BCUT2D eigenvalue weighted by Gasteiger charge is 2.22. The van der Waals surface area contributed by atoms with Crippen LogP contribution in [0.25, 0.3) is 0 Å². The van der Waals surface area contributed by atoms with Gasteiger partial charge in [0.15, 0.2) is 0 Å². The molecule has 4 atom stereocenters. The smallest absolute Gasteiger partial charge is 0.220 e. The highest BCUT2D eigenvalue weighted by Crippen LogP contribution is 2.33. The summed E-state index contributed by atoms with van der Waals surface area (Å²) in [4.78, 5) is 0. The van der Waals surface area contributed by atoms with Crippen LogP contribution in [0.3, 0.4) is 0 Å².